The summed E-state index contributed by atoms with van der Waals surface area (Å²) in [5, 5.41) is 3.35. The van der Waals surface area contributed by atoms with E-state index in [2.05, 4.69) is 19.2 Å². The number of alkyl halides is 2. The van der Waals surface area contributed by atoms with E-state index in [9.17, 15) is 8.78 Å². The van der Waals surface area contributed by atoms with Crippen LogP contribution in [0.5, 0.6) is 0 Å². The van der Waals surface area contributed by atoms with Crippen molar-refractivity contribution in [2.24, 2.45) is 0 Å². The number of hydrogen-bond donors (Lipinski definition) is 1. The van der Waals surface area contributed by atoms with E-state index in [-0.39, 0.29) is 17.6 Å². The topological polar surface area (TPSA) is 15.3 Å². The molecule has 0 radical (unpaired) electrons. The molecular formula is C16H24F2N2. The minimum atomic E-state index is -2.80. The van der Waals surface area contributed by atoms with E-state index in [4.69, 9.17) is 0 Å². The monoisotopic (exact) mass is 282 g/mol. The Morgan fingerprint density at radius 1 is 1.20 bits per heavy atom. The molecule has 0 bridgehead atoms. The third kappa shape index (κ3) is 3.01. The molecule has 0 atom stereocenters. The van der Waals surface area contributed by atoms with Crippen molar-refractivity contribution in [3.8, 4) is 0 Å². The van der Waals surface area contributed by atoms with Crippen LogP contribution in [0.15, 0.2) is 30.3 Å². The number of nitrogens with zero attached hydrogens (tertiary/aromatic N) is 1. The third-order valence-electron chi connectivity index (χ3n) is 4.59. The Morgan fingerprint density at radius 2 is 1.85 bits per heavy atom. The van der Waals surface area contributed by atoms with E-state index in [1.807, 2.05) is 4.90 Å². The lowest BCUT2D eigenvalue weighted by atomic mass is 9.88. The normalized spacial score (nSPS) is 20.0. The van der Waals surface area contributed by atoms with Gasteiger partial charge in [0.1, 0.15) is 0 Å². The van der Waals surface area contributed by atoms with Gasteiger partial charge in [0.25, 0.3) is 5.92 Å². The van der Waals surface area contributed by atoms with Gasteiger partial charge in [-0.25, -0.2) is 0 Å². The van der Waals surface area contributed by atoms with E-state index in [0.29, 0.717) is 6.54 Å². The molecule has 1 saturated heterocycles. The van der Waals surface area contributed by atoms with Crippen molar-refractivity contribution in [3.63, 3.8) is 0 Å². The average Bonchev–Trinajstić information content (AvgIpc) is 2.49. The Labute approximate surface area is 120 Å². The smallest absolute Gasteiger partial charge is 0.285 e. The highest BCUT2D eigenvalue weighted by Gasteiger charge is 2.42. The van der Waals surface area contributed by atoms with Gasteiger partial charge in [-0.15, -0.1) is 0 Å². The fourth-order valence-electron chi connectivity index (χ4n) is 3.09. The molecule has 0 amide bonds. The second kappa shape index (κ2) is 6.19. The zero-order chi connectivity index (χ0) is 14.6. The second-order valence-corrected chi connectivity index (χ2v) is 5.60. The van der Waals surface area contributed by atoms with Crippen LogP contribution in [-0.4, -0.2) is 36.6 Å². The molecule has 2 nitrogen and oxygen atoms in total. The van der Waals surface area contributed by atoms with Crippen molar-refractivity contribution < 1.29 is 8.78 Å². The molecule has 112 valence electrons. The van der Waals surface area contributed by atoms with Gasteiger partial charge in [-0.1, -0.05) is 44.2 Å². The molecule has 1 aromatic rings. The van der Waals surface area contributed by atoms with Crippen LogP contribution in [0.25, 0.3) is 0 Å². The summed E-state index contributed by atoms with van der Waals surface area (Å²) in [6.45, 7) is 6.25. The van der Waals surface area contributed by atoms with Crippen LogP contribution >= 0.6 is 0 Å². The van der Waals surface area contributed by atoms with Gasteiger partial charge < -0.3 is 5.32 Å². The summed E-state index contributed by atoms with van der Waals surface area (Å²) in [6, 6.07) is 8.15. The third-order valence-corrected chi connectivity index (χ3v) is 4.59. The quantitative estimate of drug-likeness (QED) is 0.892. The molecular weight excluding hydrogens is 258 g/mol. The molecule has 0 spiro atoms. The first kappa shape index (κ1) is 15.4. The Morgan fingerprint density at radius 3 is 2.45 bits per heavy atom. The number of hydrogen-bond acceptors (Lipinski definition) is 2. The summed E-state index contributed by atoms with van der Waals surface area (Å²) in [7, 11) is 0. The van der Waals surface area contributed by atoms with Crippen LogP contribution in [0.1, 0.15) is 32.3 Å². The molecule has 0 saturated carbocycles. The number of rotatable bonds is 5. The average molecular weight is 282 g/mol. The maximum Gasteiger partial charge on any atom is 0.285 e. The molecule has 4 heteroatoms. The van der Waals surface area contributed by atoms with Gasteiger partial charge in [0, 0.05) is 30.7 Å². The first-order chi connectivity index (χ1) is 9.54. The van der Waals surface area contributed by atoms with Crippen molar-refractivity contribution in [3.05, 3.63) is 35.9 Å². The van der Waals surface area contributed by atoms with Gasteiger partial charge in [-0.3, -0.25) is 4.90 Å². The molecule has 20 heavy (non-hydrogen) atoms. The Bertz CT molecular complexity index is 416. The molecule has 1 heterocycles. The summed E-state index contributed by atoms with van der Waals surface area (Å²) in [5.74, 6) is -2.80. The van der Waals surface area contributed by atoms with Crippen LogP contribution in [0.4, 0.5) is 8.78 Å². The lowest BCUT2D eigenvalue weighted by molar-refractivity contribution is -0.0770. The SMILES string of the molecule is CCC1(CC)CNCCN1CC(F)(F)c1ccccc1. The molecule has 1 fully saturated rings. The van der Waals surface area contributed by atoms with Gasteiger partial charge in [-0.2, -0.15) is 8.78 Å². The Balaban J connectivity index is 2.18. The standard InChI is InChI=1S/C16H24F2N2/c1-3-15(4-2)12-19-10-11-20(15)13-16(17,18)14-8-6-5-7-9-14/h5-9,19H,3-4,10-13H2,1-2H3. The minimum absolute atomic E-state index is 0.111. The highest BCUT2D eigenvalue weighted by atomic mass is 19.3. The van der Waals surface area contributed by atoms with Crippen molar-refractivity contribution >= 4 is 0 Å². The number of piperazine rings is 1. The molecule has 0 aliphatic carbocycles. The lowest BCUT2D eigenvalue weighted by Gasteiger charge is -2.48. The van der Waals surface area contributed by atoms with Gasteiger partial charge in [-0.05, 0) is 12.8 Å². The van der Waals surface area contributed by atoms with Crippen molar-refractivity contribution in [1.29, 1.82) is 0 Å². The van der Waals surface area contributed by atoms with Crippen LogP contribution in [0.2, 0.25) is 0 Å². The first-order valence-corrected chi connectivity index (χ1v) is 7.43. The first-order valence-electron chi connectivity index (χ1n) is 7.43. The molecule has 1 aliphatic rings. The number of benzene rings is 1. The molecule has 0 aromatic heterocycles. The van der Waals surface area contributed by atoms with Crippen LogP contribution < -0.4 is 5.32 Å². The predicted octanol–water partition coefficient (Wildman–Crippen LogP) is 3.24. The lowest BCUT2D eigenvalue weighted by Crippen LogP contribution is -2.62. The summed E-state index contributed by atoms with van der Waals surface area (Å²) < 4.78 is 29.0. The van der Waals surface area contributed by atoms with E-state index < -0.39 is 5.92 Å². The fourth-order valence-corrected chi connectivity index (χ4v) is 3.09. The zero-order valence-corrected chi connectivity index (χ0v) is 12.3. The van der Waals surface area contributed by atoms with Gasteiger partial charge in [0.05, 0.1) is 6.54 Å². The largest absolute Gasteiger partial charge is 0.314 e. The maximum atomic E-state index is 14.5. The van der Waals surface area contributed by atoms with Gasteiger partial charge >= 0.3 is 0 Å². The minimum Gasteiger partial charge on any atom is -0.314 e. The summed E-state index contributed by atoms with van der Waals surface area (Å²) in [6.07, 6.45) is 1.78. The second-order valence-electron chi connectivity index (χ2n) is 5.60. The summed E-state index contributed by atoms with van der Waals surface area (Å²) in [4.78, 5) is 1.98. The summed E-state index contributed by atoms with van der Waals surface area (Å²) >= 11 is 0. The van der Waals surface area contributed by atoms with Crippen LogP contribution in [0, 0.1) is 0 Å². The van der Waals surface area contributed by atoms with E-state index in [1.54, 1.807) is 18.2 Å². The number of nitrogens with one attached hydrogen (secondary N) is 1. The van der Waals surface area contributed by atoms with E-state index in [0.717, 1.165) is 25.9 Å². The number of halogens is 2. The zero-order valence-electron chi connectivity index (χ0n) is 12.3. The van der Waals surface area contributed by atoms with Crippen molar-refractivity contribution in [2.75, 3.05) is 26.2 Å². The predicted molar refractivity (Wildman–Crippen MR) is 78.1 cm³/mol. The Hall–Kier alpha value is -1.00. The molecule has 1 aliphatic heterocycles. The van der Waals surface area contributed by atoms with Crippen molar-refractivity contribution in [1.82, 2.24) is 10.2 Å². The maximum absolute atomic E-state index is 14.5. The van der Waals surface area contributed by atoms with E-state index >= 15 is 0 Å². The molecule has 0 unspecified atom stereocenters. The van der Waals surface area contributed by atoms with E-state index in [1.165, 1.54) is 12.1 Å². The van der Waals surface area contributed by atoms with Gasteiger partial charge in [0.2, 0.25) is 0 Å². The molecule has 1 aromatic carbocycles. The highest BCUT2D eigenvalue weighted by molar-refractivity contribution is 5.20. The highest BCUT2D eigenvalue weighted by Crippen LogP contribution is 2.34. The fraction of sp³-hybridized carbons (Fsp3) is 0.625. The van der Waals surface area contributed by atoms with Crippen LogP contribution in [0.3, 0.4) is 0 Å². The molecule has 1 N–H and O–H groups in total. The van der Waals surface area contributed by atoms with Crippen LogP contribution in [-0.2, 0) is 5.92 Å². The summed E-state index contributed by atoms with van der Waals surface area (Å²) in [5.41, 5.74) is -0.0316. The van der Waals surface area contributed by atoms with Gasteiger partial charge in [0.15, 0.2) is 0 Å². The Kier molecular flexibility index (Phi) is 4.76. The van der Waals surface area contributed by atoms with Crippen molar-refractivity contribution in [2.45, 2.75) is 38.2 Å². The molecule has 2 rings (SSSR count).